The first-order valence-corrected chi connectivity index (χ1v) is 7.40. The van der Waals surface area contributed by atoms with Gasteiger partial charge in [0, 0.05) is 12.1 Å². The number of rotatable bonds is 5. The second kappa shape index (κ2) is 7.33. The summed E-state index contributed by atoms with van der Waals surface area (Å²) in [6.07, 6.45) is 3.82. The van der Waals surface area contributed by atoms with Gasteiger partial charge in [0.25, 0.3) is 0 Å². The average Bonchev–Trinajstić information content (AvgIpc) is 2.46. The molecule has 0 aliphatic carbocycles. The first kappa shape index (κ1) is 17.1. The van der Waals surface area contributed by atoms with E-state index in [1.54, 1.807) is 18.2 Å². The van der Waals surface area contributed by atoms with E-state index in [1.807, 2.05) is 32.0 Å². The van der Waals surface area contributed by atoms with Crippen LogP contribution in [0.15, 0.2) is 24.3 Å². The number of pyridine rings is 1. The van der Waals surface area contributed by atoms with Gasteiger partial charge < -0.3 is 10.6 Å². The Morgan fingerprint density at radius 3 is 2.52 bits per heavy atom. The number of nitrogens with zero attached hydrogens (tertiary/aromatic N) is 2. The van der Waals surface area contributed by atoms with Crippen molar-refractivity contribution in [1.82, 2.24) is 9.88 Å². The van der Waals surface area contributed by atoms with Gasteiger partial charge in [-0.05, 0) is 75.0 Å². The van der Waals surface area contributed by atoms with E-state index in [4.69, 9.17) is 5.73 Å². The first-order valence-electron chi connectivity index (χ1n) is 7.40. The second-order valence-corrected chi connectivity index (χ2v) is 5.86. The van der Waals surface area contributed by atoms with Crippen LogP contribution in [0.1, 0.15) is 22.4 Å². The third-order valence-corrected chi connectivity index (χ3v) is 3.41. The molecule has 2 aromatic rings. The quantitative estimate of drug-likeness (QED) is 0.917. The fourth-order valence-corrected chi connectivity index (χ4v) is 2.27. The zero-order chi connectivity index (χ0) is 17.0. The van der Waals surface area contributed by atoms with E-state index in [0.717, 1.165) is 17.7 Å². The molecule has 1 heterocycles. The molecule has 0 saturated heterocycles. The normalized spacial score (nSPS) is 11.6. The van der Waals surface area contributed by atoms with Crippen LogP contribution in [0.25, 0.3) is 12.2 Å². The Morgan fingerprint density at radius 1 is 1.13 bits per heavy atom. The summed E-state index contributed by atoms with van der Waals surface area (Å²) in [4.78, 5) is 6.15. The Morgan fingerprint density at radius 2 is 1.87 bits per heavy atom. The first-order chi connectivity index (χ1) is 10.8. The molecule has 3 nitrogen and oxygen atoms in total. The fourth-order valence-electron chi connectivity index (χ4n) is 2.27. The number of hydrogen-bond acceptors (Lipinski definition) is 3. The lowest BCUT2D eigenvalue weighted by atomic mass is 10.1. The number of hydrogen-bond donors (Lipinski definition) is 1. The van der Waals surface area contributed by atoms with Gasteiger partial charge >= 0.3 is 0 Å². The molecule has 2 rings (SSSR count). The smallest absolute Gasteiger partial charge is 0.166 e. The molecule has 0 saturated carbocycles. The van der Waals surface area contributed by atoms with Gasteiger partial charge in [-0.2, -0.15) is 0 Å². The molecule has 0 aliphatic rings. The van der Waals surface area contributed by atoms with Crippen LogP contribution in [-0.4, -0.2) is 30.5 Å². The van der Waals surface area contributed by atoms with Crippen molar-refractivity contribution in [2.45, 2.75) is 13.3 Å². The average molecular weight is 317 g/mol. The predicted molar refractivity (Wildman–Crippen MR) is 90.9 cm³/mol. The summed E-state index contributed by atoms with van der Waals surface area (Å²) in [5, 5.41) is 0. The number of nitrogens with two attached hydrogens (primary N) is 1. The summed E-state index contributed by atoms with van der Waals surface area (Å²) in [6.45, 7) is 2.67. The molecule has 0 spiro atoms. The highest BCUT2D eigenvalue weighted by Crippen LogP contribution is 2.19. The van der Waals surface area contributed by atoms with Crippen LogP contribution in [0.5, 0.6) is 0 Å². The van der Waals surface area contributed by atoms with Gasteiger partial charge in [-0.15, -0.1) is 0 Å². The second-order valence-electron chi connectivity index (χ2n) is 5.86. The summed E-state index contributed by atoms with van der Waals surface area (Å²) in [7, 11) is 3.88. The predicted octanol–water partition coefficient (Wildman–Crippen LogP) is 3.52. The number of anilines is 1. The van der Waals surface area contributed by atoms with Crippen molar-refractivity contribution in [2.24, 2.45) is 0 Å². The minimum absolute atomic E-state index is 0.209. The lowest BCUT2D eigenvalue weighted by molar-refractivity contribution is 0.412. The molecule has 23 heavy (non-hydrogen) atoms. The molecule has 122 valence electrons. The molecule has 0 aliphatic heterocycles. The van der Waals surface area contributed by atoms with Gasteiger partial charge in [-0.3, -0.25) is 0 Å². The van der Waals surface area contributed by atoms with Crippen LogP contribution in [-0.2, 0) is 6.42 Å². The van der Waals surface area contributed by atoms with E-state index in [-0.39, 0.29) is 5.56 Å². The Labute approximate surface area is 135 Å². The van der Waals surface area contributed by atoms with E-state index in [1.165, 1.54) is 12.1 Å². The van der Waals surface area contributed by atoms with Gasteiger partial charge in [0.15, 0.2) is 11.6 Å². The van der Waals surface area contributed by atoms with Crippen LogP contribution >= 0.6 is 0 Å². The SMILES string of the molecule is Cc1cc(N)nc(C=Cc2cc(CCN(C)C)cc(F)c2F)c1. The monoisotopic (exact) mass is 317 g/mol. The summed E-state index contributed by atoms with van der Waals surface area (Å²) in [6, 6.07) is 6.49. The molecular formula is C18H21F2N3. The van der Waals surface area contributed by atoms with Crippen LogP contribution in [0.4, 0.5) is 14.6 Å². The molecular weight excluding hydrogens is 296 g/mol. The number of halogens is 2. The zero-order valence-corrected chi connectivity index (χ0v) is 13.6. The van der Waals surface area contributed by atoms with Gasteiger partial charge in [0.2, 0.25) is 0 Å². The van der Waals surface area contributed by atoms with Crippen molar-refractivity contribution in [3.63, 3.8) is 0 Å². The molecule has 0 atom stereocenters. The molecule has 0 bridgehead atoms. The molecule has 5 heteroatoms. The Bertz CT molecular complexity index is 704. The third-order valence-electron chi connectivity index (χ3n) is 3.41. The Kier molecular flexibility index (Phi) is 5.45. The summed E-state index contributed by atoms with van der Waals surface area (Å²) in [5.41, 5.74) is 8.23. The van der Waals surface area contributed by atoms with E-state index in [2.05, 4.69) is 4.98 Å². The van der Waals surface area contributed by atoms with E-state index in [0.29, 0.717) is 17.9 Å². The molecule has 1 aromatic carbocycles. The highest BCUT2D eigenvalue weighted by molar-refractivity contribution is 5.69. The van der Waals surface area contributed by atoms with Crippen molar-refractivity contribution in [3.8, 4) is 0 Å². The maximum atomic E-state index is 14.0. The van der Waals surface area contributed by atoms with Crippen molar-refractivity contribution >= 4 is 18.0 Å². The highest BCUT2D eigenvalue weighted by Gasteiger charge is 2.09. The maximum Gasteiger partial charge on any atom is 0.166 e. The van der Waals surface area contributed by atoms with Crippen LogP contribution in [0, 0.1) is 18.6 Å². The van der Waals surface area contributed by atoms with Gasteiger partial charge in [-0.1, -0.05) is 0 Å². The number of likely N-dealkylation sites (N-methyl/N-ethyl adjacent to an activating group) is 1. The van der Waals surface area contributed by atoms with Crippen LogP contribution in [0.3, 0.4) is 0 Å². The van der Waals surface area contributed by atoms with Gasteiger partial charge in [0.05, 0.1) is 5.69 Å². The topological polar surface area (TPSA) is 42.1 Å². The van der Waals surface area contributed by atoms with E-state index in [9.17, 15) is 8.78 Å². The number of aromatic nitrogens is 1. The Balaban J connectivity index is 2.28. The molecule has 0 radical (unpaired) electrons. The summed E-state index contributed by atoms with van der Waals surface area (Å²) < 4.78 is 27.7. The highest BCUT2D eigenvalue weighted by atomic mass is 19.2. The molecule has 1 aromatic heterocycles. The lowest BCUT2D eigenvalue weighted by Gasteiger charge is -2.10. The van der Waals surface area contributed by atoms with Gasteiger partial charge in [0.1, 0.15) is 5.82 Å². The minimum Gasteiger partial charge on any atom is -0.384 e. The van der Waals surface area contributed by atoms with Crippen LogP contribution < -0.4 is 5.73 Å². The summed E-state index contributed by atoms with van der Waals surface area (Å²) in [5.74, 6) is -1.29. The van der Waals surface area contributed by atoms with Crippen molar-refractivity contribution in [3.05, 3.63) is 58.3 Å². The van der Waals surface area contributed by atoms with E-state index < -0.39 is 11.6 Å². The minimum atomic E-state index is -0.851. The van der Waals surface area contributed by atoms with Gasteiger partial charge in [-0.25, -0.2) is 13.8 Å². The summed E-state index contributed by atoms with van der Waals surface area (Å²) >= 11 is 0. The van der Waals surface area contributed by atoms with Crippen molar-refractivity contribution in [2.75, 3.05) is 26.4 Å². The lowest BCUT2D eigenvalue weighted by Crippen LogP contribution is -2.15. The molecule has 0 unspecified atom stereocenters. The fraction of sp³-hybridized carbons (Fsp3) is 0.278. The maximum absolute atomic E-state index is 14.0. The van der Waals surface area contributed by atoms with Crippen LogP contribution in [0.2, 0.25) is 0 Å². The number of aryl methyl sites for hydroxylation is 1. The van der Waals surface area contributed by atoms with Crippen molar-refractivity contribution in [1.29, 1.82) is 0 Å². The van der Waals surface area contributed by atoms with E-state index >= 15 is 0 Å². The van der Waals surface area contributed by atoms with Crippen molar-refractivity contribution < 1.29 is 8.78 Å². The molecule has 2 N–H and O–H groups in total. The number of nitrogen functional groups attached to an aromatic ring is 1. The Hall–Kier alpha value is -2.27. The zero-order valence-electron chi connectivity index (χ0n) is 13.6. The third kappa shape index (κ3) is 4.86. The number of benzene rings is 1. The standard InChI is InChI=1S/C18H21F2N3/c1-12-8-15(22-17(21)9-12)5-4-14-10-13(6-7-23(2)3)11-16(19)18(14)20/h4-5,8-11H,6-7H2,1-3H3,(H2,21,22). The molecule has 0 amide bonds. The largest absolute Gasteiger partial charge is 0.384 e. The molecule has 0 fully saturated rings.